The summed E-state index contributed by atoms with van der Waals surface area (Å²) in [6.45, 7) is 6.95. The van der Waals surface area contributed by atoms with Crippen molar-refractivity contribution in [2.45, 2.75) is 45.3 Å². The van der Waals surface area contributed by atoms with Crippen LogP contribution < -0.4 is 5.32 Å². The highest BCUT2D eigenvalue weighted by Gasteiger charge is 2.29. The summed E-state index contributed by atoms with van der Waals surface area (Å²) >= 11 is 0. The number of aliphatic hydroxyl groups is 1. The molecule has 0 amide bonds. The van der Waals surface area contributed by atoms with Gasteiger partial charge in [-0.05, 0) is 39.5 Å². The molecule has 0 aromatic rings. The van der Waals surface area contributed by atoms with Crippen LogP contribution in [-0.4, -0.2) is 23.3 Å². The zero-order valence-corrected chi connectivity index (χ0v) is 7.72. The Labute approximate surface area is 69.0 Å². The summed E-state index contributed by atoms with van der Waals surface area (Å²) in [6, 6.07) is 0.633. The fourth-order valence-electron chi connectivity index (χ4n) is 1.60. The first kappa shape index (κ1) is 9.01. The topological polar surface area (TPSA) is 32.3 Å². The number of nitrogens with one attached hydrogen (secondary N) is 1. The van der Waals surface area contributed by atoms with E-state index >= 15 is 0 Å². The second kappa shape index (κ2) is 3.11. The van der Waals surface area contributed by atoms with Crippen molar-refractivity contribution >= 4 is 0 Å². The molecule has 2 heteroatoms. The van der Waals surface area contributed by atoms with Gasteiger partial charge in [-0.15, -0.1) is 0 Å². The predicted molar refractivity (Wildman–Crippen MR) is 46.5 cm³/mol. The Hall–Kier alpha value is -0.0800. The Bertz CT molecular complexity index is 120. The monoisotopic (exact) mass is 157 g/mol. The van der Waals surface area contributed by atoms with E-state index in [0.717, 1.165) is 13.0 Å². The molecular formula is C9H19NO. The molecule has 0 aliphatic carbocycles. The first-order valence-electron chi connectivity index (χ1n) is 4.46. The van der Waals surface area contributed by atoms with Crippen LogP contribution in [0.4, 0.5) is 0 Å². The van der Waals surface area contributed by atoms with Crippen LogP contribution in [0.1, 0.15) is 33.6 Å². The molecule has 1 rings (SSSR count). The third-order valence-electron chi connectivity index (χ3n) is 2.66. The smallest absolute Gasteiger partial charge is 0.0631 e. The van der Waals surface area contributed by atoms with Gasteiger partial charge in [-0.1, -0.05) is 0 Å². The highest BCUT2D eigenvalue weighted by molar-refractivity contribution is 4.84. The van der Waals surface area contributed by atoms with Crippen LogP contribution in [0.5, 0.6) is 0 Å². The lowest BCUT2D eigenvalue weighted by atomic mass is 9.83. The fraction of sp³-hybridized carbons (Fsp3) is 1.00. The highest BCUT2D eigenvalue weighted by atomic mass is 16.3. The zero-order chi connectivity index (χ0) is 8.48. The van der Waals surface area contributed by atoms with Crippen molar-refractivity contribution in [1.82, 2.24) is 5.32 Å². The molecule has 0 aromatic heterocycles. The highest BCUT2D eigenvalue weighted by Crippen LogP contribution is 2.24. The van der Waals surface area contributed by atoms with E-state index in [2.05, 4.69) is 12.2 Å². The van der Waals surface area contributed by atoms with Crippen LogP contribution in [0.2, 0.25) is 0 Å². The molecule has 0 spiro atoms. The van der Waals surface area contributed by atoms with Crippen LogP contribution in [-0.2, 0) is 0 Å². The minimum Gasteiger partial charge on any atom is -0.390 e. The Morgan fingerprint density at radius 2 is 2.00 bits per heavy atom. The lowest BCUT2D eigenvalue weighted by Gasteiger charge is -2.35. The summed E-state index contributed by atoms with van der Waals surface area (Å²) in [5.41, 5.74) is -0.507. The van der Waals surface area contributed by atoms with Gasteiger partial charge in [0.05, 0.1) is 5.60 Å². The van der Waals surface area contributed by atoms with Gasteiger partial charge in [0.2, 0.25) is 0 Å². The second-order valence-electron chi connectivity index (χ2n) is 4.24. The number of hydrogen-bond acceptors (Lipinski definition) is 2. The molecule has 0 saturated carbocycles. The van der Waals surface area contributed by atoms with E-state index in [-0.39, 0.29) is 0 Å². The molecule has 1 aliphatic rings. The van der Waals surface area contributed by atoms with E-state index in [1.165, 1.54) is 6.42 Å². The maximum Gasteiger partial charge on any atom is 0.0631 e. The van der Waals surface area contributed by atoms with Crippen molar-refractivity contribution in [2.24, 2.45) is 5.92 Å². The maximum absolute atomic E-state index is 9.69. The lowest BCUT2D eigenvalue weighted by Crippen LogP contribution is -2.45. The Morgan fingerprint density at radius 1 is 1.36 bits per heavy atom. The van der Waals surface area contributed by atoms with Gasteiger partial charge in [-0.3, -0.25) is 0 Å². The van der Waals surface area contributed by atoms with Crippen LogP contribution in [0.25, 0.3) is 0 Å². The molecule has 0 unspecified atom stereocenters. The van der Waals surface area contributed by atoms with E-state index in [1.807, 2.05) is 13.8 Å². The molecule has 1 saturated heterocycles. The van der Waals surface area contributed by atoms with Gasteiger partial charge in [-0.25, -0.2) is 0 Å². The van der Waals surface area contributed by atoms with E-state index < -0.39 is 5.60 Å². The predicted octanol–water partition coefficient (Wildman–Crippen LogP) is 1.15. The summed E-state index contributed by atoms with van der Waals surface area (Å²) in [5, 5.41) is 13.1. The van der Waals surface area contributed by atoms with Crippen LogP contribution in [0.15, 0.2) is 0 Å². The van der Waals surface area contributed by atoms with Gasteiger partial charge >= 0.3 is 0 Å². The molecular weight excluding hydrogens is 138 g/mol. The third-order valence-corrected chi connectivity index (χ3v) is 2.66. The summed E-state index contributed by atoms with van der Waals surface area (Å²) in [5.74, 6) is 0.429. The average Bonchev–Trinajstić information content (AvgIpc) is 1.86. The molecule has 1 aliphatic heterocycles. The minimum atomic E-state index is -0.507. The van der Waals surface area contributed by atoms with Gasteiger partial charge in [0.25, 0.3) is 0 Å². The molecule has 11 heavy (non-hydrogen) atoms. The van der Waals surface area contributed by atoms with Gasteiger partial charge in [0.1, 0.15) is 0 Å². The van der Waals surface area contributed by atoms with Gasteiger partial charge < -0.3 is 10.4 Å². The van der Waals surface area contributed by atoms with Crippen molar-refractivity contribution in [3.05, 3.63) is 0 Å². The quantitative estimate of drug-likeness (QED) is 0.598. The van der Waals surface area contributed by atoms with E-state index in [4.69, 9.17) is 0 Å². The second-order valence-corrected chi connectivity index (χ2v) is 4.24. The standard InChI is InChI=1S/C9H19NO/c1-7-4-5-8(6-10-7)9(2,3)11/h7-8,10-11H,4-6H2,1-3H3/t7-,8+/m1/s1. The fourth-order valence-corrected chi connectivity index (χ4v) is 1.60. The molecule has 0 radical (unpaired) electrons. The van der Waals surface area contributed by atoms with Crippen molar-refractivity contribution in [2.75, 3.05) is 6.54 Å². The molecule has 66 valence electrons. The SMILES string of the molecule is C[C@@H]1CC[C@H](C(C)(C)O)CN1. The number of rotatable bonds is 1. The zero-order valence-electron chi connectivity index (χ0n) is 7.72. The summed E-state index contributed by atoms with van der Waals surface area (Å²) in [7, 11) is 0. The number of piperidine rings is 1. The van der Waals surface area contributed by atoms with Crippen molar-refractivity contribution in [1.29, 1.82) is 0 Å². The first-order valence-corrected chi connectivity index (χ1v) is 4.46. The van der Waals surface area contributed by atoms with Crippen molar-refractivity contribution < 1.29 is 5.11 Å². The minimum absolute atomic E-state index is 0.429. The molecule has 0 aromatic carbocycles. The molecule has 2 N–H and O–H groups in total. The Morgan fingerprint density at radius 3 is 2.36 bits per heavy atom. The van der Waals surface area contributed by atoms with Crippen molar-refractivity contribution in [3.63, 3.8) is 0 Å². The van der Waals surface area contributed by atoms with Crippen LogP contribution >= 0.6 is 0 Å². The Balaban J connectivity index is 2.39. The average molecular weight is 157 g/mol. The molecule has 0 bridgehead atoms. The molecule has 2 atom stereocenters. The maximum atomic E-state index is 9.69. The van der Waals surface area contributed by atoms with E-state index in [0.29, 0.717) is 12.0 Å². The van der Waals surface area contributed by atoms with E-state index in [9.17, 15) is 5.11 Å². The molecule has 1 heterocycles. The number of hydrogen-bond donors (Lipinski definition) is 2. The van der Waals surface area contributed by atoms with Gasteiger partial charge in [-0.2, -0.15) is 0 Å². The normalized spacial score (nSPS) is 33.8. The van der Waals surface area contributed by atoms with Gasteiger partial charge in [0.15, 0.2) is 0 Å². The van der Waals surface area contributed by atoms with E-state index in [1.54, 1.807) is 0 Å². The van der Waals surface area contributed by atoms with Crippen LogP contribution in [0, 0.1) is 5.92 Å². The summed E-state index contributed by atoms with van der Waals surface area (Å²) in [4.78, 5) is 0. The van der Waals surface area contributed by atoms with Crippen LogP contribution in [0.3, 0.4) is 0 Å². The van der Waals surface area contributed by atoms with Crippen molar-refractivity contribution in [3.8, 4) is 0 Å². The summed E-state index contributed by atoms with van der Waals surface area (Å²) < 4.78 is 0. The van der Waals surface area contributed by atoms with Gasteiger partial charge in [0, 0.05) is 12.6 Å². The lowest BCUT2D eigenvalue weighted by molar-refractivity contribution is 0.00299. The molecule has 1 fully saturated rings. The third kappa shape index (κ3) is 2.46. The molecule has 2 nitrogen and oxygen atoms in total. The Kier molecular flexibility index (Phi) is 2.55. The summed E-state index contributed by atoms with van der Waals surface area (Å²) in [6.07, 6.45) is 2.34. The first-order chi connectivity index (χ1) is 5.00. The largest absolute Gasteiger partial charge is 0.390 e.